The van der Waals surface area contributed by atoms with Crippen LogP contribution in [0.5, 0.6) is 5.75 Å². The van der Waals surface area contributed by atoms with E-state index < -0.39 is 11.6 Å². The van der Waals surface area contributed by atoms with Crippen LogP contribution in [0.2, 0.25) is 5.02 Å². The van der Waals surface area contributed by atoms with Crippen LogP contribution in [0.25, 0.3) is 0 Å². The lowest BCUT2D eigenvalue weighted by Crippen LogP contribution is -2.44. The molecule has 1 saturated heterocycles. The van der Waals surface area contributed by atoms with Crippen molar-refractivity contribution in [2.45, 2.75) is 45.3 Å². The smallest absolute Gasteiger partial charge is 0.410 e. The SMILES string of the molecule is CC(C)(C)OC(=O)N1CCC(Oc2ccc(C(=O)O)c(Cl)c2)CC1. The van der Waals surface area contributed by atoms with Crippen molar-refractivity contribution in [2.75, 3.05) is 13.1 Å². The topological polar surface area (TPSA) is 76.1 Å². The van der Waals surface area contributed by atoms with E-state index in [1.54, 1.807) is 11.0 Å². The fraction of sp³-hybridized carbons (Fsp3) is 0.529. The second-order valence-electron chi connectivity index (χ2n) is 6.73. The molecule has 0 unspecified atom stereocenters. The first-order valence-electron chi connectivity index (χ1n) is 7.83. The van der Waals surface area contributed by atoms with Gasteiger partial charge in [0.15, 0.2) is 0 Å². The van der Waals surface area contributed by atoms with Gasteiger partial charge in [-0.05, 0) is 39.0 Å². The Labute approximate surface area is 146 Å². The first-order valence-corrected chi connectivity index (χ1v) is 8.21. The molecule has 1 aliphatic rings. The number of hydrogen-bond donors (Lipinski definition) is 1. The standard InChI is InChI=1S/C17H22ClNO5/c1-17(2,3)24-16(22)19-8-6-11(7-9-19)23-12-4-5-13(15(20)21)14(18)10-12/h4-5,10-11H,6-9H2,1-3H3,(H,20,21). The fourth-order valence-corrected chi connectivity index (χ4v) is 2.67. The number of carboxylic acid groups (broad SMARTS) is 1. The maximum Gasteiger partial charge on any atom is 0.410 e. The lowest BCUT2D eigenvalue weighted by Gasteiger charge is -2.33. The molecule has 0 saturated carbocycles. The predicted octanol–water partition coefficient (Wildman–Crippen LogP) is 3.82. The number of halogens is 1. The van der Waals surface area contributed by atoms with E-state index in [1.165, 1.54) is 12.1 Å². The Balaban J connectivity index is 1.88. The molecule has 2 rings (SSSR count). The number of carbonyl (C=O) groups is 2. The highest BCUT2D eigenvalue weighted by Crippen LogP contribution is 2.25. The van der Waals surface area contributed by atoms with Gasteiger partial charge >= 0.3 is 12.1 Å². The van der Waals surface area contributed by atoms with E-state index >= 15 is 0 Å². The third-order valence-electron chi connectivity index (χ3n) is 3.57. The van der Waals surface area contributed by atoms with Crippen LogP contribution in [0, 0.1) is 0 Å². The Morgan fingerprint density at radius 1 is 1.25 bits per heavy atom. The molecule has 1 aromatic carbocycles. The number of ether oxygens (including phenoxy) is 2. The highest BCUT2D eigenvalue weighted by atomic mass is 35.5. The number of hydrogen-bond acceptors (Lipinski definition) is 4. The molecule has 6 nitrogen and oxygen atoms in total. The van der Waals surface area contributed by atoms with Crippen molar-refractivity contribution >= 4 is 23.7 Å². The third-order valence-corrected chi connectivity index (χ3v) is 3.88. The molecule has 0 aromatic heterocycles. The van der Waals surface area contributed by atoms with E-state index in [-0.39, 0.29) is 22.8 Å². The summed E-state index contributed by atoms with van der Waals surface area (Å²) >= 11 is 5.94. The van der Waals surface area contributed by atoms with Gasteiger partial charge in [0.2, 0.25) is 0 Å². The summed E-state index contributed by atoms with van der Waals surface area (Å²) in [6.07, 6.45) is 1.000. The number of carboxylic acids is 1. The van der Waals surface area contributed by atoms with E-state index in [9.17, 15) is 9.59 Å². The molecular weight excluding hydrogens is 334 g/mol. The van der Waals surface area contributed by atoms with Crippen molar-refractivity contribution in [3.63, 3.8) is 0 Å². The summed E-state index contributed by atoms with van der Waals surface area (Å²) in [5.41, 5.74) is -0.462. The monoisotopic (exact) mass is 355 g/mol. The predicted molar refractivity (Wildman–Crippen MR) is 89.9 cm³/mol. The molecule has 0 radical (unpaired) electrons. The van der Waals surface area contributed by atoms with Crippen LogP contribution in [0.1, 0.15) is 44.0 Å². The summed E-state index contributed by atoms with van der Waals surface area (Å²) in [6.45, 7) is 6.63. The van der Waals surface area contributed by atoms with Gasteiger partial charge in [0.1, 0.15) is 17.5 Å². The maximum absolute atomic E-state index is 12.0. The van der Waals surface area contributed by atoms with Crippen molar-refractivity contribution in [1.29, 1.82) is 0 Å². The van der Waals surface area contributed by atoms with Crippen molar-refractivity contribution in [2.24, 2.45) is 0 Å². The van der Waals surface area contributed by atoms with E-state index in [4.69, 9.17) is 26.2 Å². The molecule has 132 valence electrons. The number of rotatable bonds is 3. The van der Waals surface area contributed by atoms with Crippen LogP contribution >= 0.6 is 11.6 Å². The van der Waals surface area contributed by atoms with Gasteiger partial charge in [-0.1, -0.05) is 11.6 Å². The number of aromatic carboxylic acids is 1. The molecule has 1 amide bonds. The van der Waals surface area contributed by atoms with Crippen molar-refractivity contribution in [1.82, 2.24) is 4.90 Å². The molecular formula is C17H22ClNO5. The minimum absolute atomic E-state index is 0.0451. The molecule has 7 heteroatoms. The Morgan fingerprint density at radius 3 is 2.38 bits per heavy atom. The zero-order valence-corrected chi connectivity index (χ0v) is 14.8. The zero-order chi connectivity index (χ0) is 17.9. The van der Waals surface area contributed by atoms with Gasteiger partial charge < -0.3 is 19.5 Å². The summed E-state index contributed by atoms with van der Waals surface area (Å²) < 4.78 is 11.2. The molecule has 1 N–H and O–H groups in total. The lowest BCUT2D eigenvalue weighted by molar-refractivity contribution is 0.0126. The summed E-state index contributed by atoms with van der Waals surface area (Å²) in [7, 11) is 0. The minimum atomic E-state index is -1.07. The second kappa shape index (κ2) is 7.30. The van der Waals surface area contributed by atoms with Gasteiger partial charge in [0.25, 0.3) is 0 Å². The molecule has 1 aromatic rings. The quantitative estimate of drug-likeness (QED) is 0.892. The summed E-state index contributed by atoms with van der Waals surface area (Å²) in [4.78, 5) is 24.6. The molecule has 0 aliphatic carbocycles. The Kier molecular flexibility index (Phi) is 5.59. The molecule has 0 spiro atoms. The van der Waals surface area contributed by atoms with E-state index in [0.717, 1.165) is 0 Å². The largest absolute Gasteiger partial charge is 0.490 e. The first kappa shape index (κ1) is 18.4. The average molecular weight is 356 g/mol. The van der Waals surface area contributed by atoms with Crippen LogP contribution in [0.15, 0.2) is 18.2 Å². The average Bonchev–Trinajstić information content (AvgIpc) is 2.45. The minimum Gasteiger partial charge on any atom is -0.490 e. The molecule has 0 bridgehead atoms. The van der Waals surface area contributed by atoms with Crippen LogP contribution in [-0.4, -0.2) is 46.9 Å². The number of likely N-dealkylation sites (tertiary alicyclic amines) is 1. The van der Waals surface area contributed by atoms with Gasteiger partial charge in [-0.25, -0.2) is 9.59 Å². The Morgan fingerprint density at radius 2 is 1.88 bits per heavy atom. The highest BCUT2D eigenvalue weighted by Gasteiger charge is 2.27. The van der Waals surface area contributed by atoms with Crippen molar-refractivity contribution in [3.8, 4) is 5.75 Å². The second-order valence-corrected chi connectivity index (χ2v) is 7.14. The molecule has 0 atom stereocenters. The van der Waals surface area contributed by atoms with Gasteiger partial charge in [-0.2, -0.15) is 0 Å². The van der Waals surface area contributed by atoms with Crippen LogP contribution in [-0.2, 0) is 4.74 Å². The zero-order valence-electron chi connectivity index (χ0n) is 14.0. The highest BCUT2D eigenvalue weighted by molar-refractivity contribution is 6.33. The van der Waals surface area contributed by atoms with Crippen LogP contribution in [0.3, 0.4) is 0 Å². The molecule has 24 heavy (non-hydrogen) atoms. The maximum atomic E-state index is 12.0. The lowest BCUT2D eigenvalue weighted by atomic mass is 10.1. The normalized spacial score (nSPS) is 15.9. The van der Waals surface area contributed by atoms with Gasteiger partial charge in [0, 0.05) is 25.9 Å². The van der Waals surface area contributed by atoms with E-state index in [0.29, 0.717) is 31.7 Å². The summed E-state index contributed by atoms with van der Waals surface area (Å²) in [5.74, 6) is -0.544. The number of benzene rings is 1. The van der Waals surface area contributed by atoms with Gasteiger partial charge in [-0.15, -0.1) is 0 Å². The van der Waals surface area contributed by atoms with Crippen LogP contribution < -0.4 is 4.74 Å². The summed E-state index contributed by atoms with van der Waals surface area (Å²) in [6, 6.07) is 4.52. The van der Waals surface area contributed by atoms with Crippen molar-refractivity contribution < 1.29 is 24.2 Å². The molecule has 1 aliphatic heterocycles. The van der Waals surface area contributed by atoms with Gasteiger partial charge in [0.05, 0.1) is 10.6 Å². The number of carbonyl (C=O) groups excluding carboxylic acids is 1. The van der Waals surface area contributed by atoms with E-state index in [1.807, 2.05) is 20.8 Å². The van der Waals surface area contributed by atoms with Crippen LogP contribution in [0.4, 0.5) is 4.79 Å². The molecule has 1 fully saturated rings. The number of amides is 1. The number of nitrogens with zero attached hydrogens (tertiary/aromatic N) is 1. The Hall–Kier alpha value is -1.95. The van der Waals surface area contributed by atoms with E-state index in [2.05, 4.69) is 0 Å². The van der Waals surface area contributed by atoms with Crippen molar-refractivity contribution in [3.05, 3.63) is 28.8 Å². The molecule has 1 heterocycles. The summed E-state index contributed by atoms with van der Waals surface area (Å²) in [5, 5.41) is 9.11. The number of piperidine rings is 1. The third kappa shape index (κ3) is 5.03. The first-order chi connectivity index (χ1) is 11.2. The fourth-order valence-electron chi connectivity index (χ4n) is 2.42. The van der Waals surface area contributed by atoms with Gasteiger partial charge in [-0.3, -0.25) is 0 Å². The Bertz CT molecular complexity index is 618.